The summed E-state index contributed by atoms with van der Waals surface area (Å²) in [6.45, 7) is 2.01. The second kappa shape index (κ2) is 9.95. The monoisotopic (exact) mass is 488 g/mol. The van der Waals surface area contributed by atoms with Crippen molar-refractivity contribution >= 4 is 45.4 Å². The molecule has 0 bridgehead atoms. The minimum Gasteiger partial charge on any atom is -0.272 e. The Morgan fingerprint density at radius 3 is 2.71 bits per heavy atom. The van der Waals surface area contributed by atoms with Crippen LogP contribution in [0.3, 0.4) is 0 Å². The number of nitrogens with one attached hydrogen (secondary N) is 1. The van der Waals surface area contributed by atoms with E-state index >= 15 is 0 Å². The average molecular weight is 489 g/mol. The number of carbonyl (C=O) groups is 1. The third-order valence-electron chi connectivity index (χ3n) is 5.79. The molecule has 4 aromatic rings. The van der Waals surface area contributed by atoms with Gasteiger partial charge in [0.15, 0.2) is 5.16 Å². The minimum absolute atomic E-state index is 0.0572. The predicted molar refractivity (Wildman–Crippen MR) is 139 cm³/mol. The first-order valence-electron chi connectivity index (χ1n) is 11.2. The third kappa shape index (κ3) is 4.69. The molecule has 8 heteroatoms. The summed E-state index contributed by atoms with van der Waals surface area (Å²) in [5.74, 6) is -0.159. The van der Waals surface area contributed by atoms with E-state index in [0.29, 0.717) is 5.16 Å². The summed E-state index contributed by atoms with van der Waals surface area (Å²) >= 11 is 2.87. The van der Waals surface area contributed by atoms with Crippen molar-refractivity contribution in [1.82, 2.24) is 15.0 Å². The van der Waals surface area contributed by atoms with E-state index < -0.39 is 0 Å². The lowest BCUT2D eigenvalue weighted by Gasteiger charge is -2.13. The highest BCUT2D eigenvalue weighted by Crippen LogP contribution is 2.35. The van der Waals surface area contributed by atoms with Crippen molar-refractivity contribution < 1.29 is 4.79 Å². The van der Waals surface area contributed by atoms with Crippen LogP contribution >= 0.6 is 23.1 Å². The van der Waals surface area contributed by atoms with Crippen LogP contribution in [0.25, 0.3) is 15.9 Å². The first-order valence-corrected chi connectivity index (χ1v) is 13.0. The van der Waals surface area contributed by atoms with Gasteiger partial charge < -0.3 is 0 Å². The fourth-order valence-electron chi connectivity index (χ4n) is 4.08. The van der Waals surface area contributed by atoms with Gasteiger partial charge in [-0.2, -0.15) is 5.10 Å². The Balaban J connectivity index is 1.45. The van der Waals surface area contributed by atoms with Crippen molar-refractivity contribution in [2.75, 3.05) is 5.75 Å². The lowest BCUT2D eigenvalue weighted by Crippen LogP contribution is -2.24. The molecule has 1 aliphatic rings. The van der Waals surface area contributed by atoms with Crippen LogP contribution in [-0.2, 0) is 17.6 Å². The second-order valence-corrected chi connectivity index (χ2v) is 10.3. The number of nitrogens with zero attached hydrogens (tertiary/aromatic N) is 3. The van der Waals surface area contributed by atoms with Gasteiger partial charge in [0.2, 0.25) is 0 Å². The molecule has 0 radical (unpaired) electrons. The molecule has 5 rings (SSSR count). The van der Waals surface area contributed by atoms with Crippen molar-refractivity contribution in [3.8, 4) is 5.69 Å². The highest BCUT2D eigenvalue weighted by molar-refractivity contribution is 7.99. The SMILES string of the molecule is Cc1ccc(-n2c(SCC(=O)N/N=C/c3ccccc3)nc3sc4c(c3c2=O)CCCC4)cc1. The van der Waals surface area contributed by atoms with E-state index in [-0.39, 0.29) is 17.2 Å². The largest absolute Gasteiger partial charge is 0.272 e. The molecule has 0 saturated carbocycles. The summed E-state index contributed by atoms with van der Waals surface area (Å²) in [6, 6.07) is 17.4. The number of amides is 1. The number of hydrogen-bond donors (Lipinski definition) is 1. The number of benzene rings is 2. The van der Waals surface area contributed by atoms with E-state index in [1.807, 2.05) is 61.5 Å². The molecule has 6 nitrogen and oxygen atoms in total. The van der Waals surface area contributed by atoms with Gasteiger partial charge in [-0.15, -0.1) is 11.3 Å². The van der Waals surface area contributed by atoms with Gasteiger partial charge in [0.25, 0.3) is 11.5 Å². The molecule has 1 N–H and O–H groups in total. The van der Waals surface area contributed by atoms with Gasteiger partial charge in [-0.3, -0.25) is 14.2 Å². The number of aromatic nitrogens is 2. The van der Waals surface area contributed by atoms with Crippen molar-refractivity contribution in [2.45, 2.75) is 37.8 Å². The van der Waals surface area contributed by atoms with Gasteiger partial charge in [0.05, 0.1) is 23.0 Å². The summed E-state index contributed by atoms with van der Waals surface area (Å²) in [7, 11) is 0. The smallest absolute Gasteiger partial charge is 0.267 e. The molecule has 0 aliphatic heterocycles. The van der Waals surface area contributed by atoms with E-state index in [1.165, 1.54) is 16.6 Å². The van der Waals surface area contributed by atoms with Crippen LogP contribution in [0.15, 0.2) is 69.6 Å². The van der Waals surface area contributed by atoms with Crippen LogP contribution in [0.4, 0.5) is 0 Å². The van der Waals surface area contributed by atoms with Crippen LogP contribution in [-0.4, -0.2) is 27.4 Å². The van der Waals surface area contributed by atoms with E-state index in [9.17, 15) is 9.59 Å². The molecule has 0 unspecified atom stereocenters. The van der Waals surface area contributed by atoms with E-state index in [2.05, 4.69) is 10.5 Å². The van der Waals surface area contributed by atoms with Crippen LogP contribution < -0.4 is 11.0 Å². The Morgan fingerprint density at radius 1 is 1.15 bits per heavy atom. The van der Waals surface area contributed by atoms with Crippen molar-refractivity contribution in [1.29, 1.82) is 0 Å². The van der Waals surface area contributed by atoms with Gasteiger partial charge in [-0.1, -0.05) is 59.8 Å². The van der Waals surface area contributed by atoms with Crippen LogP contribution in [0.1, 0.15) is 34.4 Å². The Labute approximate surface area is 205 Å². The molecule has 2 aromatic heterocycles. The topological polar surface area (TPSA) is 76.3 Å². The van der Waals surface area contributed by atoms with Gasteiger partial charge in [0.1, 0.15) is 4.83 Å². The molecular weight excluding hydrogens is 464 g/mol. The Hall–Kier alpha value is -3.23. The number of fused-ring (bicyclic) bond motifs is 3. The summed E-state index contributed by atoms with van der Waals surface area (Å²) in [4.78, 5) is 33.1. The van der Waals surface area contributed by atoms with Crippen molar-refractivity contribution in [3.05, 3.63) is 86.5 Å². The first-order chi connectivity index (χ1) is 16.6. The third-order valence-corrected chi connectivity index (χ3v) is 7.91. The summed E-state index contributed by atoms with van der Waals surface area (Å²) in [6.07, 6.45) is 5.78. The molecule has 2 heterocycles. The van der Waals surface area contributed by atoms with E-state index in [0.717, 1.165) is 58.3 Å². The van der Waals surface area contributed by atoms with E-state index in [4.69, 9.17) is 4.98 Å². The zero-order chi connectivity index (χ0) is 23.5. The second-order valence-electron chi connectivity index (χ2n) is 8.25. The number of thioether (sulfide) groups is 1. The number of aryl methyl sites for hydroxylation is 3. The predicted octanol–water partition coefficient (Wildman–Crippen LogP) is 4.88. The Morgan fingerprint density at radius 2 is 1.91 bits per heavy atom. The fraction of sp³-hybridized carbons (Fsp3) is 0.231. The maximum Gasteiger partial charge on any atom is 0.267 e. The molecule has 1 amide bonds. The quantitative estimate of drug-likeness (QED) is 0.182. The number of carbonyl (C=O) groups excluding carboxylic acids is 1. The number of thiophene rings is 1. The highest BCUT2D eigenvalue weighted by Gasteiger charge is 2.23. The zero-order valence-corrected chi connectivity index (χ0v) is 20.4. The molecule has 0 fully saturated rings. The Kier molecular flexibility index (Phi) is 6.60. The van der Waals surface area contributed by atoms with Gasteiger partial charge in [0, 0.05) is 4.88 Å². The summed E-state index contributed by atoms with van der Waals surface area (Å²) < 4.78 is 1.65. The van der Waals surface area contributed by atoms with E-state index in [1.54, 1.807) is 22.1 Å². The van der Waals surface area contributed by atoms with Gasteiger partial charge >= 0.3 is 0 Å². The summed E-state index contributed by atoms with van der Waals surface area (Å²) in [5.41, 5.74) is 6.43. The lowest BCUT2D eigenvalue weighted by molar-refractivity contribution is -0.118. The zero-order valence-electron chi connectivity index (χ0n) is 18.8. The normalized spacial score (nSPS) is 13.3. The molecule has 0 spiro atoms. The highest BCUT2D eigenvalue weighted by atomic mass is 32.2. The molecule has 0 saturated heterocycles. The van der Waals surface area contributed by atoms with Gasteiger partial charge in [-0.25, -0.2) is 10.4 Å². The minimum atomic E-state index is -0.257. The molecule has 172 valence electrons. The fourth-order valence-corrected chi connectivity index (χ4v) is 6.19. The molecule has 2 aromatic carbocycles. The van der Waals surface area contributed by atoms with Crippen molar-refractivity contribution in [2.24, 2.45) is 5.10 Å². The first kappa shape index (κ1) is 22.6. The number of hydrogen-bond acceptors (Lipinski definition) is 6. The number of rotatable bonds is 6. The average Bonchev–Trinajstić information content (AvgIpc) is 3.23. The van der Waals surface area contributed by atoms with Crippen LogP contribution in [0, 0.1) is 6.92 Å². The van der Waals surface area contributed by atoms with Crippen LogP contribution in [0.2, 0.25) is 0 Å². The molecular formula is C26H24N4O2S2. The van der Waals surface area contributed by atoms with Crippen molar-refractivity contribution in [3.63, 3.8) is 0 Å². The standard InChI is InChI=1S/C26H24N4O2S2/c1-17-11-13-19(14-12-17)30-25(32)23-20-9-5-6-10-21(20)34-24(23)28-26(30)33-16-22(31)29-27-15-18-7-3-2-4-8-18/h2-4,7-8,11-15H,5-6,9-10,16H2,1H3,(H,29,31)/b27-15+. The maximum absolute atomic E-state index is 13.7. The number of hydrazone groups is 1. The summed E-state index contributed by atoms with van der Waals surface area (Å²) in [5, 5.41) is 5.28. The molecule has 0 atom stereocenters. The van der Waals surface area contributed by atoms with Gasteiger partial charge in [-0.05, 0) is 55.9 Å². The lowest BCUT2D eigenvalue weighted by atomic mass is 9.97. The Bertz CT molecular complexity index is 1420. The van der Waals surface area contributed by atoms with Crippen LogP contribution in [0.5, 0.6) is 0 Å². The molecule has 1 aliphatic carbocycles. The maximum atomic E-state index is 13.7. The molecule has 34 heavy (non-hydrogen) atoms.